The van der Waals surface area contributed by atoms with Gasteiger partial charge in [-0.05, 0) is 150 Å². The Labute approximate surface area is 499 Å². The zero-order chi connectivity index (χ0) is 56.7. The molecular weight excluding hydrogens is 1190 g/mol. The average Bonchev–Trinajstić information content (AvgIpc) is 3.60. The summed E-state index contributed by atoms with van der Waals surface area (Å²) in [6, 6.07) is 55.4. The molecule has 0 saturated heterocycles. The number of fused-ring (bicyclic) bond motifs is 8. The number of aryl methyl sites for hydroxylation is 2. The van der Waals surface area contributed by atoms with E-state index >= 15 is 0 Å². The molecule has 411 valence electrons. The average molecular weight is 1260 g/mol. The molecule has 9 aromatic rings. The molecule has 4 aliphatic rings. The van der Waals surface area contributed by atoms with E-state index in [2.05, 4.69) is 227 Å². The normalized spacial score (nSPS) is 14.4. The van der Waals surface area contributed by atoms with E-state index in [4.69, 9.17) is 4.98 Å². The van der Waals surface area contributed by atoms with Gasteiger partial charge in [0.25, 0.3) is 6.71 Å². The minimum absolute atomic E-state index is 0. The van der Waals surface area contributed by atoms with Crippen molar-refractivity contribution in [3.8, 4) is 33.6 Å². The van der Waals surface area contributed by atoms with Crippen molar-refractivity contribution in [3.63, 3.8) is 0 Å². The Hall–Kier alpha value is -6.57. The summed E-state index contributed by atoms with van der Waals surface area (Å²) in [5.41, 5.74) is 28.0. The maximum absolute atomic E-state index is 12.7. The van der Waals surface area contributed by atoms with Crippen molar-refractivity contribution >= 4 is 69.0 Å². The number of aromatic nitrogens is 2. The van der Waals surface area contributed by atoms with Crippen LogP contribution < -0.4 is 26.2 Å². The molecule has 0 unspecified atom stereocenters. The van der Waals surface area contributed by atoms with Crippen LogP contribution in [-0.2, 0) is 47.2 Å². The second-order valence-electron chi connectivity index (χ2n) is 27.3. The first-order valence-electron chi connectivity index (χ1n) is 28.3. The van der Waals surface area contributed by atoms with Crippen molar-refractivity contribution in [3.05, 3.63) is 208 Å². The maximum Gasteiger partial charge on any atom is 0.252 e. The van der Waals surface area contributed by atoms with Crippen molar-refractivity contribution in [2.24, 2.45) is 0 Å². The summed E-state index contributed by atoms with van der Waals surface area (Å²) in [4.78, 5) is 17.0. The van der Waals surface area contributed by atoms with Gasteiger partial charge in [-0.1, -0.05) is 169 Å². The maximum atomic E-state index is 12.7. The largest absolute Gasteiger partial charge is 0.311 e. The van der Waals surface area contributed by atoms with Crippen LogP contribution in [0.25, 0.3) is 33.6 Å². The summed E-state index contributed by atoms with van der Waals surface area (Å²) in [5.74, 6) is -0.275. The number of anilines is 6. The molecule has 4 nitrogen and oxygen atoms in total. The van der Waals surface area contributed by atoms with Gasteiger partial charge in [0.2, 0.25) is 0 Å². The zero-order valence-electron chi connectivity index (χ0n) is 49.8. The molecule has 13 rings (SSSR count). The van der Waals surface area contributed by atoms with E-state index in [1.807, 2.05) is 50.1 Å². The topological polar surface area (TPSA) is 32.3 Å². The molecule has 81 heavy (non-hydrogen) atoms. The molecule has 7 aromatic carbocycles. The van der Waals surface area contributed by atoms with Gasteiger partial charge < -0.3 is 19.8 Å². The summed E-state index contributed by atoms with van der Waals surface area (Å²) < 4.78 is 12.7. The Morgan fingerprint density at radius 1 is 0.519 bits per heavy atom. The third-order valence-corrected chi connectivity index (χ3v) is 18.3. The van der Waals surface area contributed by atoms with Crippen LogP contribution in [0, 0.1) is 31.8 Å². The molecule has 0 fully saturated rings. The number of hydrogen-bond acceptors (Lipinski definition) is 5. The molecule has 8 heteroatoms. The van der Waals surface area contributed by atoms with Gasteiger partial charge in [-0.2, -0.15) is 0 Å². The number of rotatable bonds is 3. The van der Waals surface area contributed by atoms with Crippen LogP contribution in [0.1, 0.15) is 141 Å². The predicted molar refractivity (Wildman–Crippen MR) is 337 cm³/mol. The number of halogens is 1. The molecule has 0 amide bonds. The Kier molecular flexibility index (Phi) is 13.8. The minimum Gasteiger partial charge on any atom is -0.311 e. The Balaban J connectivity index is 0.000000374. The Morgan fingerprint density at radius 3 is 1.74 bits per heavy atom. The van der Waals surface area contributed by atoms with E-state index in [9.17, 15) is 4.39 Å². The number of pyridine rings is 2. The van der Waals surface area contributed by atoms with Crippen molar-refractivity contribution in [1.82, 2.24) is 9.97 Å². The van der Waals surface area contributed by atoms with E-state index in [0.29, 0.717) is 0 Å². The van der Waals surface area contributed by atoms with Crippen LogP contribution in [0.15, 0.2) is 156 Å². The first-order valence-corrected chi connectivity index (χ1v) is 29.2. The van der Waals surface area contributed by atoms with Gasteiger partial charge in [-0.3, -0.25) is 4.39 Å². The molecule has 6 heterocycles. The van der Waals surface area contributed by atoms with E-state index in [1.165, 1.54) is 117 Å². The third-order valence-electron chi connectivity index (χ3n) is 17.2. The van der Waals surface area contributed by atoms with Crippen molar-refractivity contribution in [2.75, 3.05) is 9.80 Å². The van der Waals surface area contributed by atoms with Crippen molar-refractivity contribution < 1.29 is 24.5 Å². The summed E-state index contributed by atoms with van der Waals surface area (Å²) in [7, 11) is 0. The van der Waals surface area contributed by atoms with Gasteiger partial charge in [0.15, 0.2) is 0 Å². The second kappa shape index (κ2) is 19.8. The SMILES string of the molecule is CC(C)(C)c1ccc2c(c1)Sc1cc(C(C)(C)C)cc3c1N2c1cc(-c2cc[c-]c(-c4ccccn4)c2)cc2c1B3c1cc(C(C)(C)C)cc3c1N2c1ccc(C(C)(C)C)cc1C3(C)C.Cc1cnc(-c2[c-]cc(F)cc2)cc1C.[Ir]. The summed E-state index contributed by atoms with van der Waals surface area (Å²) in [6.07, 6.45) is 3.69. The molecule has 0 bridgehead atoms. The smallest absolute Gasteiger partial charge is 0.252 e. The Morgan fingerprint density at radius 2 is 1.12 bits per heavy atom. The molecule has 0 saturated carbocycles. The second-order valence-corrected chi connectivity index (χ2v) is 28.4. The first kappa shape index (κ1) is 56.3. The molecule has 2 aromatic heterocycles. The van der Waals surface area contributed by atoms with E-state index in [1.54, 1.807) is 6.07 Å². The predicted octanol–water partition coefficient (Wildman–Crippen LogP) is 17.9. The molecule has 0 atom stereocenters. The molecule has 4 aliphatic heterocycles. The third kappa shape index (κ3) is 9.71. The fourth-order valence-electron chi connectivity index (χ4n) is 12.2. The molecule has 0 spiro atoms. The fourth-order valence-corrected chi connectivity index (χ4v) is 13.4. The van der Waals surface area contributed by atoms with Gasteiger partial charge in [0.05, 0.1) is 17.1 Å². The summed E-state index contributed by atoms with van der Waals surface area (Å²) in [5, 5.41) is 0. The molecule has 0 aliphatic carbocycles. The number of benzene rings is 7. The van der Waals surface area contributed by atoms with Gasteiger partial charge in [-0.25, -0.2) is 0 Å². The monoisotopic (exact) mass is 1260 g/mol. The van der Waals surface area contributed by atoms with Gasteiger partial charge >= 0.3 is 0 Å². The van der Waals surface area contributed by atoms with Gasteiger partial charge in [0.1, 0.15) is 0 Å². The van der Waals surface area contributed by atoms with Gasteiger partial charge in [-0.15, -0.1) is 65.2 Å². The van der Waals surface area contributed by atoms with Crippen molar-refractivity contribution in [1.29, 1.82) is 0 Å². The molecule has 1 radical (unpaired) electrons. The van der Waals surface area contributed by atoms with Crippen LogP contribution in [0.2, 0.25) is 0 Å². The first-order chi connectivity index (χ1) is 37.7. The van der Waals surface area contributed by atoms with Crippen LogP contribution in [0.5, 0.6) is 0 Å². The van der Waals surface area contributed by atoms with E-state index in [0.717, 1.165) is 33.6 Å². The summed E-state index contributed by atoms with van der Waals surface area (Å²) in [6.45, 7) is 37.3. The van der Waals surface area contributed by atoms with Crippen molar-refractivity contribution in [2.45, 2.75) is 148 Å². The van der Waals surface area contributed by atoms with Crippen LogP contribution in [0.3, 0.4) is 0 Å². The van der Waals surface area contributed by atoms with E-state index < -0.39 is 0 Å². The fraction of sp³-hybridized carbons (Fsp3) is 0.288. The standard InChI is InChI=1S/C60H61BN3S.C13H11FN.Ir/c1-56(2,3)38-21-23-47-42(29-38)60(13,14)43-30-40(58(7,8)9)31-44-54(43)63(47)49-27-37(35-18-17-19-36(26-35)46-20-15-16-25-62-46)28-50-53(49)61(44)45-32-41(59(10,11)12)34-52-55(45)64(50)48-24-22-39(57(4,5)6)33-51(48)65-52;1-9-7-13(15-8-10(9)2)11-3-5-12(14)6-4-11;/h15-18,20-34H,1-14H3;3,5-8H,1-2H3;/q2*-1;. The molecule has 0 N–H and O–H groups in total. The van der Waals surface area contributed by atoms with Gasteiger partial charge in [0, 0.05) is 70.6 Å². The zero-order valence-corrected chi connectivity index (χ0v) is 53.1. The minimum atomic E-state index is -0.275. The molecular formula is C73H72BFIrN4S-2. The Bertz CT molecular complexity index is 3990. The van der Waals surface area contributed by atoms with E-state index in [-0.39, 0.29) is 59.7 Å². The van der Waals surface area contributed by atoms with Crippen LogP contribution in [0.4, 0.5) is 38.5 Å². The quantitative estimate of drug-likeness (QED) is 0.130. The summed E-state index contributed by atoms with van der Waals surface area (Å²) >= 11 is 1.96. The number of hydrogen-bond donors (Lipinski definition) is 0. The number of nitrogens with zero attached hydrogens (tertiary/aromatic N) is 4. The van der Waals surface area contributed by atoms with Crippen LogP contribution in [-0.4, -0.2) is 16.7 Å². The van der Waals surface area contributed by atoms with Crippen LogP contribution >= 0.6 is 11.8 Å².